The summed E-state index contributed by atoms with van der Waals surface area (Å²) in [6, 6.07) is 0.922. The minimum absolute atomic E-state index is 0.538. The third-order valence-electron chi connectivity index (χ3n) is 3.79. The molecule has 2 aliphatic carbocycles. The standard InChI is InChI=1S/C12H24N2/c1-2-3-8-14(11-4-5-11)10-12(9-13)6-7-12/h11H,2-10,13H2,1H3. The van der Waals surface area contributed by atoms with Gasteiger partial charge >= 0.3 is 0 Å². The number of nitrogens with zero attached hydrogens (tertiary/aromatic N) is 1. The Morgan fingerprint density at radius 1 is 1.36 bits per heavy atom. The highest BCUT2D eigenvalue weighted by Gasteiger charge is 2.44. The highest BCUT2D eigenvalue weighted by atomic mass is 15.2. The second kappa shape index (κ2) is 4.19. The first-order valence-corrected chi connectivity index (χ1v) is 6.24. The van der Waals surface area contributed by atoms with Gasteiger partial charge in [-0.25, -0.2) is 0 Å². The van der Waals surface area contributed by atoms with Gasteiger partial charge in [-0.2, -0.15) is 0 Å². The van der Waals surface area contributed by atoms with Crippen molar-refractivity contribution in [1.82, 2.24) is 4.90 Å². The number of rotatable bonds is 7. The maximum atomic E-state index is 5.84. The molecule has 2 aliphatic rings. The Hall–Kier alpha value is -0.0800. The van der Waals surface area contributed by atoms with E-state index in [-0.39, 0.29) is 0 Å². The predicted molar refractivity (Wildman–Crippen MR) is 60.2 cm³/mol. The molecule has 2 heteroatoms. The third kappa shape index (κ3) is 2.48. The first kappa shape index (κ1) is 10.4. The molecule has 0 aromatic carbocycles. The van der Waals surface area contributed by atoms with Gasteiger partial charge in [0.2, 0.25) is 0 Å². The molecule has 2 saturated carbocycles. The van der Waals surface area contributed by atoms with Gasteiger partial charge in [-0.15, -0.1) is 0 Å². The van der Waals surface area contributed by atoms with Gasteiger partial charge in [0.1, 0.15) is 0 Å². The van der Waals surface area contributed by atoms with Crippen molar-refractivity contribution in [2.45, 2.75) is 51.5 Å². The quantitative estimate of drug-likeness (QED) is 0.674. The van der Waals surface area contributed by atoms with Crippen LogP contribution >= 0.6 is 0 Å². The second-order valence-electron chi connectivity index (χ2n) is 5.26. The Morgan fingerprint density at radius 3 is 2.50 bits per heavy atom. The molecule has 2 nitrogen and oxygen atoms in total. The Morgan fingerprint density at radius 2 is 2.07 bits per heavy atom. The summed E-state index contributed by atoms with van der Waals surface area (Å²) in [5, 5.41) is 0. The van der Waals surface area contributed by atoms with Crippen molar-refractivity contribution in [2.75, 3.05) is 19.6 Å². The van der Waals surface area contributed by atoms with Gasteiger partial charge in [0.05, 0.1) is 0 Å². The Kier molecular flexibility index (Phi) is 3.13. The Bertz CT molecular complexity index is 183. The zero-order chi connectivity index (χ0) is 10.0. The van der Waals surface area contributed by atoms with Gasteiger partial charge in [0.25, 0.3) is 0 Å². The fourth-order valence-corrected chi connectivity index (χ4v) is 2.23. The van der Waals surface area contributed by atoms with E-state index in [4.69, 9.17) is 5.73 Å². The molecule has 82 valence electrons. The van der Waals surface area contributed by atoms with E-state index in [1.54, 1.807) is 0 Å². The molecule has 14 heavy (non-hydrogen) atoms. The number of unbranched alkanes of at least 4 members (excludes halogenated alkanes) is 1. The average molecular weight is 196 g/mol. The van der Waals surface area contributed by atoms with Crippen LogP contribution in [0.25, 0.3) is 0 Å². The molecule has 0 spiro atoms. The fraction of sp³-hybridized carbons (Fsp3) is 1.00. The van der Waals surface area contributed by atoms with Gasteiger partial charge in [-0.3, -0.25) is 4.90 Å². The highest BCUT2D eigenvalue weighted by molar-refractivity contribution is 4.99. The van der Waals surface area contributed by atoms with E-state index in [0.29, 0.717) is 5.41 Å². The Labute approximate surface area is 87.8 Å². The molecule has 2 fully saturated rings. The summed E-state index contributed by atoms with van der Waals surface area (Å²) in [6.45, 7) is 5.78. The van der Waals surface area contributed by atoms with Crippen molar-refractivity contribution in [1.29, 1.82) is 0 Å². The fourth-order valence-electron chi connectivity index (χ4n) is 2.23. The zero-order valence-corrected chi connectivity index (χ0v) is 9.47. The van der Waals surface area contributed by atoms with Crippen molar-refractivity contribution >= 4 is 0 Å². The van der Waals surface area contributed by atoms with E-state index in [2.05, 4.69) is 11.8 Å². The molecule has 0 atom stereocenters. The maximum Gasteiger partial charge on any atom is 0.00966 e. The highest BCUT2D eigenvalue weighted by Crippen LogP contribution is 2.46. The van der Waals surface area contributed by atoms with E-state index in [1.165, 1.54) is 51.6 Å². The Balaban J connectivity index is 1.78. The second-order valence-corrected chi connectivity index (χ2v) is 5.26. The van der Waals surface area contributed by atoms with Gasteiger partial charge in [0.15, 0.2) is 0 Å². The van der Waals surface area contributed by atoms with E-state index in [0.717, 1.165) is 12.6 Å². The van der Waals surface area contributed by atoms with Crippen LogP contribution in [-0.2, 0) is 0 Å². The average Bonchev–Trinajstić information content (AvgIpc) is 3.04. The minimum Gasteiger partial charge on any atom is -0.330 e. The van der Waals surface area contributed by atoms with Gasteiger partial charge in [-0.1, -0.05) is 13.3 Å². The van der Waals surface area contributed by atoms with Crippen LogP contribution in [0.2, 0.25) is 0 Å². The molecule has 0 aliphatic heterocycles. The molecule has 0 aromatic heterocycles. The van der Waals surface area contributed by atoms with E-state index in [9.17, 15) is 0 Å². The lowest BCUT2D eigenvalue weighted by atomic mass is 10.1. The first-order valence-electron chi connectivity index (χ1n) is 6.24. The summed E-state index contributed by atoms with van der Waals surface area (Å²) in [5.74, 6) is 0. The van der Waals surface area contributed by atoms with Crippen LogP contribution in [0.15, 0.2) is 0 Å². The lowest BCUT2D eigenvalue weighted by Gasteiger charge is -2.26. The third-order valence-corrected chi connectivity index (χ3v) is 3.79. The van der Waals surface area contributed by atoms with Crippen molar-refractivity contribution < 1.29 is 0 Å². The molecule has 0 bridgehead atoms. The van der Waals surface area contributed by atoms with Gasteiger partial charge in [-0.05, 0) is 50.6 Å². The summed E-state index contributed by atoms with van der Waals surface area (Å²) in [7, 11) is 0. The lowest BCUT2D eigenvalue weighted by Crippen LogP contribution is -2.36. The molecular weight excluding hydrogens is 172 g/mol. The van der Waals surface area contributed by atoms with Crippen molar-refractivity contribution in [3.63, 3.8) is 0 Å². The van der Waals surface area contributed by atoms with Crippen LogP contribution in [0.3, 0.4) is 0 Å². The molecule has 0 unspecified atom stereocenters. The minimum atomic E-state index is 0.538. The molecule has 0 aromatic rings. The molecule has 2 rings (SSSR count). The van der Waals surface area contributed by atoms with Crippen LogP contribution in [-0.4, -0.2) is 30.6 Å². The van der Waals surface area contributed by atoms with Gasteiger partial charge < -0.3 is 5.73 Å². The summed E-state index contributed by atoms with van der Waals surface area (Å²) in [5.41, 5.74) is 6.38. The SMILES string of the molecule is CCCCN(CC1(CN)CC1)C1CC1. The summed E-state index contributed by atoms with van der Waals surface area (Å²) in [6.07, 6.45) is 8.29. The van der Waals surface area contributed by atoms with Crippen LogP contribution in [0.1, 0.15) is 45.4 Å². The van der Waals surface area contributed by atoms with Crippen LogP contribution in [0, 0.1) is 5.41 Å². The summed E-state index contributed by atoms with van der Waals surface area (Å²) < 4.78 is 0. The normalized spacial score (nSPS) is 24.2. The van der Waals surface area contributed by atoms with Crippen molar-refractivity contribution in [2.24, 2.45) is 11.1 Å². The van der Waals surface area contributed by atoms with Gasteiger partial charge in [0, 0.05) is 12.6 Å². The maximum absolute atomic E-state index is 5.84. The molecule has 0 heterocycles. The molecule has 2 N–H and O–H groups in total. The van der Waals surface area contributed by atoms with E-state index in [1.807, 2.05) is 0 Å². The van der Waals surface area contributed by atoms with Crippen LogP contribution in [0.5, 0.6) is 0 Å². The monoisotopic (exact) mass is 196 g/mol. The smallest absolute Gasteiger partial charge is 0.00966 e. The number of hydrogen-bond donors (Lipinski definition) is 1. The summed E-state index contributed by atoms with van der Waals surface area (Å²) >= 11 is 0. The molecule has 0 saturated heterocycles. The largest absolute Gasteiger partial charge is 0.330 e. The molecule has 0 amide bonds. The number of nitrogens with two attached hydrogens (primary N) is 1. The van der Waals surface area contributed by atoms with Crippen molar-refractivity contribution in [3.8, 4) is 0 Å². The molecular formula is C12H24N2. The summed E-state index contributed by atoms with van der Waals surface area (Å²) in [4.78, 5) is 2.71. The predicted octanol–water partition coefficient (Wildman–Crippen LogP) is 1.99. The lowest BCUT2D eigenvalue weighted by molar-refractivity contribution is 0.210. The molecule has 0 radical (unpaired) electrons. The van der Waals surface area contributed by atoms with E-state index >= 15 is 0 Å². The topological polar surface area (TPSA) is 29.3 Å². The first-order chi connectivity index (χ1) is 6.79. The van der Waals surface area contributed by atoms with Crippen LogP contribution in [0.4, 0.5) is 0 Å². The zero-order valence-electron chi connectivity index (χ0n) is 9.47. The number of hydrogen-bond acceptors (Lipinski definition) is 2. The van der Waals surface area contributed by atoms with Crippen molar-refractivity contribution in [3.05, 3.63) is 0 Å². The van der Waals surface area contributed by atoms with E-state index < -0.39 is 0 Å². The van der Waals surface area contributed by atoms with Crippen LogP contribution < -0.4 is 5.73 Å².